The molecule has 2 N–H and O–H groups in total. The molecule has 0 saturated carbocycles. The van der Waals surface area contributed by atoms with E-state index in [2.05, 4.69) is 20.4 Å². The second-order valence-corrected chi connectivity index (χ2v) is 11.4. The number of sulfonamides is 1. The number of halogens is 5. The lowest BCUT2D eigenvalue weighted by Crippen LogP contribution is -2.34. The lowest BCUT2D eigenvalue weighted by molar-refractivity contribution is -0.141. The van der Waals surface area contributed by atoms with Gasteiger partial charge in [-0.3, -0.25) is 14.1 Å². The van der Waals surface area contributed by atoms with Crippen molar-refractivity contribution in [2.24, 2.45) is 0 Å². The van der Waals surface area contributed by atoms with Crippen molar-refractivity contribution < 1.29 is 35.9 Å². The number of nitrogens with zero attached hydrogens (tertiary/aromatic N) is 2. The summed E-state index contributed by atoms with van der Waals surface area (Å²) < 4.78 is 70.4. The number of hydrogen-bond acceptors (Lipinski definition) is 6. The molecule has 15 heteroatoms. The Morgan fingerprint density at radius 1 is 1.02 bits per heavy atom. The molecule has 220 valence electrons. The third kappa shape index (κ3) is 8.97. The number of pyridine rings is 1. The Bertz CT molecular complexity index is 1470. The first-order chi connectivity index (χ1) is 19.3. The highest BCUT2D eigenvalue weighted by Gasteiger charge is 2.32. The Morgan fingerprint density at radius 2 is 1.73 bits per heavy atom. The average Bonchev–Trinajstić information content (AvgIpc) is 2.94. The van der Waals surface area contributed by atoms with Crippen LogP contribution >= 0.6 is 23.2 Å². The number of nitrogens with one attached hydrogen (secondary N) is 2. The van der Waals surface area contributed by atoms with E-state index in [-0.39, 0.29) is 53.1 Å². The van der Waals surface area contributed by atoms with Crippen LogP contribution in [0.5, 0.6) is 0 Å². The number of alkyl halides is 3. The van der Waals surface area contributed by atoms with Gasteiger partial charge in [-0.25, -0.2) is 13.2 Å². The molecular formula is C26H25Cl2F3N4O5S. The van der Waals surface area contributed by atoms with Crippen LogP contribution in [0.3, 0.4) is 0 Å². The molecule has 2 aromatic carbocycles. The molecule has 0 saturated heterocycles. The summed E-state index contributed by atoms with van der Waals surface area (Å²) in [5, 5.41) is 5.45. The van der Waals surface area contributed by atoms with Crippen LogP contribution < -0.4 is 14.9 Å². The maximum Gasteiger partial charge on any atom is 0.433 e. The van der Waals surface area contributed by atoms with Gasteiger partial charge in [0.1, 0.15) is 5.69 Å². The lowest BCUT2D eigenvalue weighted by atomic mass is 10.1. The van der Waals surface area contributed by atoms with Crippen molar-refractivity contribution in [1.29, 1.82) is 0 Å². The Hall–Kier alpha value is -3.55. The second-order valence-electron chi connectivity index (χ2n) is 8.59. The van der Waals surface area contributed by atoms with Crippen LogP contribution in [0.25, 0.3) is 0 Å². The fourth-order valence-electron chi connectivity index (χ4n) is 3.56. The molecule has 0 aliphatic carbocycles. The number of anilines is 1. The van der Waals surface area contributed by atoms with Crippen LogP contribution in [-0.4, -0.2) is 44.8 Å². The minimum atomic E-state index is -4.57. The monoisotopic (exact) mass is 632 g/mol. The average molecular weight is 633 g/mol. The molecule has 0 atom stereocenters. The fraction of sp³-hybridized carbons (Fsp3) is 0.269. The van der Waals surface area contributed by atoms with Gasteiger partial charge in [-0.15, -0.1) is 0 Å². The van der Waals surface area contributed by atoms with Crippen molar-refractivity contribution in [3.63, 3.8) is 0 Å². The zero-order valence-corrected chi connectivity index (χ0v) is 23.9. The van der Waals surface area contributed by atoms with Crippen LogP contribution in [0.4, 0.5) is 23.7 Å². The van der Waals surface area contributed by atoms with Crippen molar-refractivity contribution in [2.45, 2.75) is 25.7 Å². The first-order valence-corrected chi connectivity index (χ1v) is 14.3. The highest BCUT2D eigenvalue weighted by Crippen LogP contribution is 2.30. The smallest absolute Gasteiger partial charge is 0.433 e. The molecule has 9 nitrogen and oxygen atoms in total. The van der Waals surface area contributed by atoms with Crippen molar-refractivity contribution in [1.82, 2.24) is 15.6 Å². The van der Waals surface area contributed by atoms with E-state index in [0.717, 1.165) is 16.6 Å². The first-order valence-electron chi connectivity index (χ1n) is 12.0. The van der Waals surface area contributed by atoms with Gasteiger partial charge in [-0.2, -0.15) is 13.2 Å². The number of methoxy groups -OCH3 is 1. The Labute approximate surface area is 244 Å². The summed E-state index contributed by atoms with van der Waals surface area (Å²) in [5.74, 6) is -0.851. The molecule has 1 aromatic heterocycles. The number of benzene rings is 2. The minimum Gasteiger partial charge on any atom is -0.453 e. The minimum absolute atomic E-state index is 0.0607. The van der Waals surface area contributed by atoms with Crippen LogP contribution in [0, 0.1) is 0 Å². The van der Waals surface area contributed by atoms with Gasteiger partial charge >= 0.3 is 12.3 Å². The van der Waals surface area contributed by atoms with Crippen LogP contribution in [0.1, 0.15) is 33.6 Å². The molecule has 0 unspecified atom stereocenters. The maximum atomic E-state index is 13.4. The van der Waals surface area contributed by atoms with Crippen LogP contribution in [0.15, 0.2) is 60.8 Å². The number of amides is 2. The van der Waals surface area contributed by atoms with Gasteiger partial charge in [0.25, 0.3) is 5.91 Å². The first kappa shape index (κ1) is 32.0. The molecule has 0 aliphatic heterocycles. The van der Waals surface area contributed by atoms with E-state index in [9.17, 15) is 31.2 Å². The van der Waals surface area contributed by atoms with Gasteiger partial charge in [0, 0.05) is 24.8 Å². The van der Waals surface area contributed by atoms with Crippen molar-refractivity contribution in [3.8, 4) is 0 Å². The highest BCUT2D eigenvalue weighted by atomic mass is 35.5. The third-order valence-electron chi connectivity index (χ3n) is 5.70. The van der Waals surface area contributed by atoms with E-state index < -0.39 is 33.9 Å². The fourth-order valence-corrected chi connectivity index (χ4v) is 5.45. The van der Waals surface area contributed by atoms with Crippen molar-refractivity contribution >= 4 is 50.9 Å². The number of hydrogen-bond donors (Lipinski definition) is 2. The second kappa shape index (κ2) is 13.9. The number of carbonyl (C=O) groups is 2. The topological polar surface area (TPSA) is 118 Å². The van der Waals surface area contributed by atoms with E-state index >= 15 is 0 Å². The SMILES string of the molecule is COC(=O)NCCCS(=O)(=O)N(Cc1cccc(Cl)c1Cl)c1ccc(C(=O)NCc2ccc(C(F)(F)F)nc2)cc1. The molecule has 41 heavy (non-hydrogen) atoms. The highest BCUT2D eigenvalue weighted by molar-refractivity contribution is 7.92. The summed E-state index contributed by atoms with van der Waals surface area (Å²) in [4.78, 5) is 27.3. The van der Waals surface area contributed by atoms with Gasteiger partial charge in [0.2, 0.25) is 10.0 Å². The van der Waals surface area contributed by atoms with Gasteiger partial charge in [-0.1, -0.05) is 41.4 Å². The molecule has 0 spiro atoms. The van der Waals surface area contributed by atoms with E-state index in [1.165, 1.54) is 37.4 Å². The van der Waals surface area contributed by atoms with Crippen LogP contribution in [0.2, 0.25) is 10.0 Å². The molecule has 0 radical (unpaired) electrons. The number of carbonyl (C=O) groups excluding carboxylic acids is 2. The van der Waals surface area contributed by atoms with Crippen LogP contribution in [-0.2, 0) is 34.0 Å². The Morgan fingerprint density at radius 3 is 2.34 bits per heavy atom. The van der Waals surface area contributed by atoms with E-state index in [0.29, 0.717) is 11.1 Å². The molecule has 3 rings (SSSR count). The van der Waals surface area contributed by atoms with E-state index in [1.807, 2.05) is 0 Å². The van der Waals surface area contributed by atoms with E-state index in [4.69, 9.17) is 23.2 Å². The molecule has 0 bridgehead atoms. The molecule has 0 fully saturated rings. The molecule has 0 aliphatic rings. The summed E-state index contributed by atoms with van der Waals surface area (Å²) in [5.41, 5.74) is 0.198. The number of alkyl carbamates (subject to hydrolysis) is 1. The maximum absolute atomic E-state index is 13.4. The number of rotatable bonds is 11. The summed E-state index contributed by atoms with van der Waals surface area (Å²) >= 11 is 12.4. The summed E-state index contributed by atoms with van der Waals surface area (Å²) in [6.45, 7) is -0.164. The van der Waals surface area contributed by atoms with Gasteiger partial charge in [0.05, 0.1) is 35.1 Å². The van der Waals surface area contributed by atoms with Gasteiger partial charge in [0.15, 0.2) is 0 Å². The summed E-state index contributed by atoms with van der Waals surface area (Å²) in [6.07, 6.45) is -4.14. The summed E-state index contributed by atoms with van der Waals surface area (Å²) in [6, 6.07) is 12.6. The molecule has 2 amide bonds. The van der Waals surface area contributed by atoms with E-state index in [1.54, 1.807) is 18.2 Å². The number of aromatic nitrogens is 1. The van der Waals surface area contributed by atoms with Gasteiger partial charge in [-0.05, 0) is 53.9 Å². The Balaban J connectivity index is 1.76. The van der Waals surface area contributed by atoms with Gasteiger partial charge < -0.3 is 15.4 Å². The predicted octanol–water partition coefficient (Wildman–Crippen LogP) is 5.42. The largest absolute Gasteiger partial charge is 0.453 e. The lowest BCUT2D eigenvalue weighted by Gasteiger charge is -2.25. The molecule has 1 heterocycles. The summed E-state index contributed by atoms with van der Waals surface area (Å²) in [7, 11) is -2.76. The predicted molar refractivity (Wildman–Crippen MR) is 148 cm³/mol. The normalized spacial score (nSPS) is 11.6. The molecule has 3 aromatic rings. The number of ether oxygens (including phenoxy) is 1. The zero-order chi connectivity index (χ0) is 30.2. The van der Waals surface area contributed by atoms with Crippen molar-refractivity contribution in [2.75, 3.05) is 23.7 Å². The standard InChI is InChI=1S/C26H25Cl2F3N4O5S/c1-40-25(37)32-12-3-13-41(38,39)35(16-19-4-2-5-21(27)23(19)28)20-9-7-18(8-10-20)24(36)34-15-17-6-11-22(33-14-17)26(29,30)31/h2,4-11,14H,3,12-13,15-16H2,1H3,(H,32,37)(H,34,36). The Kier molecular flexibility index (Phi) is 10.8. The zero-order valence-electron chi connectivity index (χ0n) is 21.5. The molecular weight excluding hydrogens is 608 g/mol. The quantitative estimate of drug-likeness (QED) is 0.273. The van der Waals surface area contributed by atoms with Crippen molar-refractivity contribution in [3.05, 3.63) is 93.2 Å². The third-order valence-corrected chi connectivity index (χ3v) is 8.37.